The number of hydrogen-bond donors (Lipinski definition) is 1. The third-order valence-electron chi connectivity index (χ3n) is 2.73. The van der Waals surface area contributed by atoms with E-state index in [0.29, 0.717) is 22.9 Å². The van der Waals surface area contributed by atoms with Crippen molar-refractivity contribution in [1.82, 2.24) is 0 Å². The Labute approximate surface area is 112 Å². The highest BCUT2D eigenvalue weighted by Gasteiger charge is 2.07. The molecule has 0 atom stereocenters. The smallest absolute Gasteiger partial charge is 0.305 e. The van der Waals surface area contributed by atoms with Gasteiger partial charge in [-0.05, 0) is 30.9 Å². The quantitative estimate of drug-likeness (QED) is 0.491. The van der Waals surface area contributed by atoms with Gasteiger partial charge in [0.15, 0.2) is 0 Å². The van der Waals surface area contributed by atoms with E-state index in [1.165, 1.54) is 7.11 Å². The van der Waals surface area contributed by atoms with E-state index in [1.807, 2.05) is 6.07 Å². The number of ether oxygens (including phenoxy) is 2. The molecule has 0 aromatic heterocycles. The van der Waals surface area contributed by atoms with Gasteiger partial charge in [-0.15, -0.1) is 0 Å². The Hall–Kier alpha value is -1.42. The van der Waals surface area contributed by atoms with Crippen molar-refractivity contribution < 1.29 is 14.3 Å². The summed E-state index contributed by atoms with van der Waals surface area (Å²) in [5.74, 6) is 0.504. The first-order valence-electron chi connectivity index (χ1n) is 5.77. The summed E-state index contributed by atoms with van der Waals surface area (Å²) < 4.78 is 9.72. The van der Waals surface area contributed by atoms with E-state index < -0.39 is 0 Å². The van der Waals surface area contributed by atoms with Crippen LogP contribution in [0.3, 0.4) is 0 Å². The molecule has 0 bridgehead atoms. The van der Waals surface area contributed by atoms with E-state index in [2.05, 4.69) is 4.74 Å². The summed E-state index contributed by atoms with van der Waals surface area (Å²) in [5, 5.41) is 0.498. The number of unbranched alkanes of at least 4 members (excludes halogenated alkanes) is 1. The Kier molecular flexibility index (Phi) is 5.78. The second-order valence-electron chi connectivity index (χ2n) is 3.97. The zero-order chi connectivity index (χ0) is 13.5. The Morgan fingerprint density at radius 3 is 2.67 bits per heavy atom. The summed E-state index contributed by atoms with van der Waals surface area (Å²) in [6, 6.07) is 3.56. The maximum absolute atomic E-state index is 11.0. The predicted molar refractivity (Wildman–Crippen MR) is 72.0 cm³/mol. The van der Waals surface area contributed by atoms with E-state index in [4.69, 9.17) is 22.1 Å². The van der Waals surface area contributed by atoms with Crippen LogP contribution < -0.4 is 10.5 Å². The first kappa shape index (κ1) is 14.6. The van der Waals surface area contributed by atoms with Gasteiger partial charge in [-0.3, -0.25) is 4.79 Å². The van der Waals surface area contributed by atoms with Crippen LogP contribution in [0.2, 0.25) is 5.02 Å². The van der Waals surface area contributed by atoms with Crippen LogP contribution in [0, 0.1) is 0 Å². The van der Waals surface area contributed by atoms with Gasteiger partial charge in [0, 0.05) is 12.5 Å². The number of hydrogen-bond acceptors (Lipinski definition) is 4. The lowest BCUT2D eigenvalue weighted by molar-refractivity contribution is -0.140. The highest BCUT2D eigenvalue weighted by molar-refractivity contribution is 6.33. The number of anilines is 1. The molecule has 0 saturated heterocycles. The van der Waals surface area contributed by atoms with Crippen molar-refractivity contribution in [2.45, 2.75) is 25.7 Å². The largest absolute Gasteiger partial charge is 0.497 e. The SMILES string of the molecule is COC(=O)CCCCc1cc(OC)cc(Cl)c1N. The zero-order valence-corrected chi connectivity index (χ0v) is 11.4. The molecule has 2 N–H and O–H groups in total. The number of carbonyl (C=O) groups is 1. The molecule has 0 radical (unpaired) electrons. The number of benzene rings is 1. The van der Waals surface area contributed by atoms with E-state index >= 15 is 0 Å². The lowest BCUT2D eigenvalue weighted by Crippen LogP contribution is -2.01. The fraction of sp³-hybridized carbons (Fsp3) is 0.462. The van der Waals surface area contributed by atoms with Gasteiger partial charge < -0.3 is 15.2 Å². The van der Waals surface area contributed by atoms with Crippen LogP contribution in [0.15, 0.2) is 12.1 Å². The van der Waals surface area contributed by atoms with Gasteiger partial charge in [-0.2, -0.15) is 0 Å². The molecule has 0 spiro atoms. The van der Waals surface area contributed by atoms with Gasteiger partial charge in [0.25, 0.3) is 0 Å². The standard InChI is InChI=1S/C13H18ClNO3/c1-17-10-7-9(13(15)11(14)8-10)5-3-4-6-12(16)18-2/h7-8H,3-6,15H2,1-2H3. The first-order valence-corrected chi connectivity index (χ1v) is 6.15. The molecule has 0 heterocycles. The van der Waals surface area contributed by atoms with Gasteiger partial charge in [0.1, 0.15) is 5.75 Å². The van der Waals surface area contributed by atoms with Gasteiger partial charge in [-0.25, -0.2) is 0 Å². The molecule has 1 aromatic rings. The normalized spacial score (nSPS) is 10.2. The number of rotatable bonds is 6. The predicted octanol–water partition coefficient (Wildman–Crippen LogP) is 2.82. The van der Waals surface area contributed by atoms with E-state index in [1.54, 1.807) is 13.2 Å². The van der Waals surface area contributed by atoms with Gasteiger partial charge in [0.2, 0.25) is 0 Å². The number of aryl methyl sites for hydroxylation is 1. The van der Waals surface area contributed by atoms with Gasteiger partial charge in [0.05, 0.1) is 24.9 Å². The van der Waals surface area contributed by atoms with Crippen molar-refractivity contribution in [3.05, 3.63) is 22.7 Å². The fourth-order valence-corrected chi connectivity index (χ4v) is 1.89. The van der Waals surface area contributed by atoms with Gasteiger partial charge >= 0.3 is 5.97 Å². The Bertz CT molecular complexity index is 421. The summed E-state index contributed by atoms with van der Waals surface area (Å²) in [6.07, 6.45) is 2.80. The van der Waals surface area contributed by atoms with E-state index in [0.717, 1.165) is 24.8 Å². The van der Waals surface area contributed by atoms with Crippen LogP contribution in [-0.4, -0.2) is 20.2 Å². The number of methoxy groups -OCH3 is 2. The lowest BCUT2D eigenvalue weighted by atomic mass is 10.0. The molecule has 4 nitrogen and oxygen atoms in total. The van der Waals surface area contributed by atoms with Crippen molar-refractivity contribution in [3.63, 3.8) is 0 Å². The minimum atomic E-state index is -0.188. The highest BCUT2D eigenvalue weighted by Crippen LogP contribution is 2.29. The molecule has 1 aromatic carbocycles. The van der Waals surface area contributed by atoms with Crippen molar-refractivity contribution >= 4 is 23.3 Å². The summed E-state index contributed by atoms with van der Waals surface area (Å²) >= 11 is 6.00. The second-order valence-corrected chi connectivity index (χ2v) is 4.37. The molecule has 0 saturated carbocycles. The molecular weight excluding hydrogens is 254 g/mol. The molecule has 18 heavy (non-hydrogen) atoms. The third kappa shape index (κ3) is 4.11. The topological polar surface area (TPSA) is 61.5 Å². The third-order valence-corrected chi connectivity index (χ3v) is 3.04. The van der Waals surface area contributed by atoms with Crippen molar-refractivity contribution in [2.24, 2.45) is 0 Å². The fourth-order valence-electron chi connectivity index (χ4n) is 1.66. The molecule has 5 heteroatoms. The molecule has 0 amide bonds. The summed E-state index contributed by atoms with van der Waals surface area (Å²) in [4.78, 5) is 11.0. The minimum Gasteiger partial charge on any atom is -0.497 e. The molecule has 0 aliphatic heterocycles. The maximum Gasteiger partial charge on any atom is 0.305 e. The van der Waals surface area contributed by atoms with E-state index in [-0.39, 0.29) is 5.97 Å². The number of esters is 1. The Morgan fingerprint density at radius 2 is 2.06 bits per heavy atom. The lowest BCUT2D eigenvalue weighted by Gasteiger charge is -2.10. The van der Waals surface area contributed by atoms with Crippen LogP contribution in [0.4, 0.5) is 5.69 Å². The summed E-state index contributed by atoms with van der Waals surface area (Å²) in [7, 11) is 2.98. The zero-order valence-electron chi connectivity index (χ0n) is 10.7. The van der Waals surface area contributed by atoms with Crippen LogP contribution in [0.25, 0.3) is 0 Å². The number of nitrogens with two attached hydrogens (primary N) is 1. The Morgan fingerprint density at radius 1 is 1.33 bits per heavy atom. The molecule has 0 aliphatic carbocycles. The molecule has 100 valence electrons. The van der Waals surface area contributed by atoms with Crippen LogP contribution in [-0.2, 0) is 16.0 Å². The highest BCUT2D eigenvalue weighted by atomic mass is 35.5. The number of halogens is 1. The molecule has 0 fully saturated rings. The molecule has 1 rings (SSSR count). The first-order chi connectivity index (χ1) is 8.58. The van der Waals surface area contributed by atoms with Crippen molar-refractivity contribution in [3.8, 4) is 5.75 Å². The average Bonchev–Trinajstić information content (AvgIpc) is 2.38. The summed E-state index contributed by atoms with van der Waals surface area (Å²) in [5.41, 5.74) is 7.42. The van der Waals surface area contributed by atoms with Crippen LogP contribution in [0.5, 0.6) is 5.75 Å². The summed E-state index contributed by atoms with van der Waals surface area (Å²) in [6.45, 7) is 0. The molecule has 0 aliphatic rings. The van der Waals surface area contributed by atoms with Crippen LogP contribution in [0.1, 0.15) is 24.8 Å². The molecular formula is C13H18ClNO3. The molecule has 0 unspecified atom stereocenters. The number of carbonyl (C=O) groups excluding carboxylic acids is 1. The van der Waals surface area contributed by atoms with Crippen molar-refractivity contribution in [2.75, 3.05) is 20.0 Å². The minimum absolute atomic E-state index is 0.188. The average molecular weight is 272 g/mol. The Balaban J connectivity index is 2.56. The maximum atomic E-state index is 11.0. The second kappa shape index (κ2) is 7.11. The van der Waals surface area contributed by atoms with E-state index in [9.17, 15) is 4.79 Å². The number of nitrogen functional groups attached to an aromatic ring is 1. The van der Waals surface area contributed by atoms with Crippen molar-refractivity contribution in [1.29, 1.82) is 0 Å². The van der Waals surface area contributed by atoms with Gasteiger partial charge in [-0.1, -0.05) is 11.6 Å². The van der Waals surface area contributed by atoms with Crippen LogP contribution >= 0.6 is 11.6 Å². The monoisotopic (exact) mass is 271 g/mol.